The molecule has 0 aromatic heterocycles. The van der Waals surface area contributed by atoms with Crippen molar-refractivity contribution in [2.75, 3.05) is 0 Å². The van der Waals surface area contributed by atoms with Gasteiger partial charge in [-0.05, 0) is 5.56 Å². The summed E-state index contributed by atoms with van der Waals surface area (Å²) in [5, 5.41) is 8.44. The van der Waals surface area contributed by atoms with Crippen LogP contribution >= 0.6 is 0 Å². The summed E-state index contributed by atoms with van der Waals surface area (Å²) in [6, 6.07) is 11.4. The first-order valence-electron chi connectivity index (χ1n) is 2.99. The number of hydrogen-bond donors (Lipinski definition) is 0. The fourth-order valence-electron chi connectivity index (χ4n) is 0.704. The Labute approximate surface area is 60.2 Å². The van der Waals surface area contributed by atoms with Crippen molar-refractivity contribution in [3.63, 3.8) is 0 Å². The van der Waals surface area contributed by atoms with Gasteiger partial charge in [-0.3, -0.25) is 0 Å². The lowest BCUT2D eigenvalue weighted by Crippen LogP contribution is -1.75. The minimum Gasteiger partial charge on any atom is -0.192 e. The zero-order valence-electron chi connectivity index (χ0n) is 5.54. The lowest BCUT2D eigenvalue weighted by atomic mass is 10.1. The van der Waals surface area contributed by atoms with E-state index >= 15 is 0 Å². The molecule has 10 heavy (non-hydrogen) atoms. The first-order chi connectivity index (χ1) is 4.84. The molecule has 0 heterocycles. The summed E-state index contributed by atoms with van der Waals surface area (Å²) in [4.78, 5) is 0. The highest BCUT2D eigenvalue weighted by Crippen LogP contribution is 2.08. The van der Waals surface area contributed by atoms with Gasteiger partial charge < -0.3 is 0 Å². The van der Waals surface area contributed by atoms with Crippen LogP contribution in [0.2, 0.25) is 0 Å². The maximum absolute atomic E-state index is 8.44. The first-order valence-corrected chi connectivity index (χ1v) is 2.99. The van der Waals surface area contributed by atoms with Gasteiger partial charge in [-0.15, -0.1) is 0 Å². The van der Waals surface area contributed by atoms with Crippen molar-refractivity contribution in [3.05, 3.63) is 42.5 Å². The first kappa shape index (κ1) is 6.57. The molecule has 1 aromatic rings. The predicted octanol–water partition coefficient (Wildman–Crippen LogP) is 2.22. The van der Waals surface area contributed by atoms with E-state index in [2.05, 4.69) is 6.58 Å². The van der Waals surface area contributed by atoms with Crippen molar-refractivity contribution in [3.8, 4) is 6.07 Å². The van der Waals surface area contributed by atoms with Crippen molar-refractivity contribution in [2.24, 2.45) is 0 Å². The monoisotopic (exact) mass is 129 g/mol. The Balaban J connectivity index is 2.99. The van der Waals surface area contributed by atoms with E-state index < -0.39 is 0 Å². The van der Waals surface area contributed by atoms with Crippen LogP contribution in [0.25, 0.3) is 5.57 Å². The molecular weight excluding hydrogens is 122 g/mol. The minimum absolute atomic E-state index is 0.514. The van der Waals surface area contributed by atoms with E-state index in [-0.39, 0.29) is 0 Å². The van der Waals surface area contributed by atoms with Crippen LogP contribution in [0.1, 0.15) is 5.56 Å². The van der Waals surface area contributed by atoms with Gasteiger partial charge in [0.1, 0.15) is 0 Å². The van der Waals surface area contributed by atoms with Crippen LogP contribution in [0, 0.1) is 11.3 Å². The summed E-state index contributed by atoms with van der Waals surface area (Å²) in [5.74, 6) is 0. The molecule has 0 amide bonds. The van der Waals surface area contributed by atoms with E-state index in [0.29, 0.717) is 5.57 Å². The normalized spacial score (nSPS) is 8.30. The van der Waals surface area contributed by atoms with Gasteiger partial charge in [-0.2, -0.15) is 5.26 Å². The lowest BCUT2D eigenvalue weighted by molar-refractivity contribution is 1.52. The van der Waals surface area contributed by atoms with Gasteiger partial charge in [0.2, 0.25) is 0 Å². The van der Waals surface area contributed by atoms with Crippen LogP contribution in [-0.2, 0) is 0 Å². The van der Waals surface area contributed by atoms with E-state index in [1.54, 1.807) is 0 Å². The molecule has 0 N–H and O–H groups in total. The molecule has 0 unspecified atom stereocenters. The maximum atomic E-state index is 8.44. The quantitative estimate of drug-likeness (QED) is 0.533. The second kappa shape index (κ2) is 2.84. The Morgan fingerprint density at radius 3 is 2.40 bits per heavy atom. The molecule has 0 spiro atoms. The Morgan fingerprint density at radius 1 is 1.30 bits per heavy atom. The summed E-state index contributed by atoms with van der Waals surface area (Å²) in [7, 11) is 0. The number of hydrogen-bond acceptors (Lipinski definition) is 1. The van der Waals surface area contributed by atoms with Crippen LogP contribution < -0.4 is 0 Å². The van der Waals surface area contributed by atoms with E-state index in [0.717, 1.165) is 5.56 Å². The summed E-state index contributed by atoms with van der Waals surface area (Å²) in [6.45, 7) is 3.58. The summed E-state index contributed by atoms with van der Waals surface area (Å²) < 4.78 is 0. The number of benzene rings is 1. The second-order valence-electron chi connectivity index (χ2n) is 1.96. The molecule has 0 aliphatic carbocycles. The van der Waals surface area contributed by atoms with Crippen molar-refractivity contribution in [2.45, 2.75) is 0 Å². The number of allylic oxidation sites excluding steroid dienone is 1. The number of nitrogens with zero attached hydrogens (tertiary/aromatic N) is 1. The Hall–Kier alpha value is -1.55. The van der Waals surface area contributed by atoms with Crippen molar-refractivity contribution in [1.29, 1.82) is 5.26 Å². The third-order valence-electron chi connectivity index (χ3n) is 1.26. The molecule has 0 aliphatic heterocycles. The molecular formula is C9H7N. The molecule has 0 aliphatic rings. The van der Waals surface area contributed by atoms with Gasteiger partial charge in [-0.1, -0.05) is 36.9 Å². The average Bonchev–Trinajstić information content (AvgIpc) is 2.05. The third kappa shape index (κ3) is 1.24. The van der Waals surface area contributed by atoms with Gasteiger partial charge in [0, 0.05) is 0 Å². The van der Waals surface area contributed by atoms with E-state index in [1.165, 1.54) is 0 Å². The summed E-state index contributed by atoms with van der Waals surface area (Å²) in [6.07, 6.45) is 0. The van der Waals surface area contributed by atoms with Crippen molar-refractivity contribution >= 4 is 5.57 Å². The minimum atomic E-state index is 0.514. The second-order valence-corrected chi connectivity index (χ2v) is 1.96. The average molecular weight is 129 g/mol. The zero-order valence-corrected chi connectivity index (χ0v) is 5.54. The van der Waals surface area contributed by atoms with Crippen LogP contribution in [0.5, 0.6) is 0 Å². The molecule has 1 rings (SSSR count). The third-order valence-corrected chi connectivity index (χ3v) is 1.26. The molecule has 1 aromatic carbocycles. The van der Waals surface area contributed by atoms with E-state index in [1.807, 2.05) is 36.4 Å². The number of nitriles is 1. The predicted molar refractivity (Wildman–Crippen MR) is 41.1 cm³/mol. The van der Waals surface area contributed by atoms with Gasteiger partial charge in [0.05, 0.1) is 11.6 Å². The van der Waals surface area contributed by atoms with Gasteiger partial charge in [0.15, 0.2) is 0 Å². The smallest absolute Gasteiger partial charge is 0.0991 e. The topological polar surface area (TPSA) is 23.8 Å². The maximum Gasteiger partial charge on any atom is 0.0991 e. The largest absolute Gasteiger partial charge is 0.192 e. The number of rotatable bonds is 1. The van der Waals surface area contributed by atoms with Crippen LogP contribution in [0.15, 0.2) is 36.9 Å². The Bertz CT molecular complexity index is 267. The molecule has 0 radical (unpaired) electrons. The standard InChI is InChI=1S/C9H7N/c1-8(7-10)9-5-3-2-4-6-9/h2-6H,1H2. The molecule has 0 fully saturated rings. The molecule has 0 atom stereocenters. The highest BCUT2D eigenvalue weighted by Gasteiger charge is 1.91. The summed E-state index contributed by atoms with van der Waals surface area (Å²) >= 11 is 0. The van der Waals surface area contributed by atoms with E-state index in [9.17, 15) is 0 Å². The van der Waals surface area contributed by atoms with Crippen molar-refractivity contribution in [1.82, 2.24) is 0 Å². The van der Waals surface area contributed by atoms with Crippen molar-refractivity contribution < 1.29 is 0 Å². The molecule has 0 bridgehead atoms. The Kier molecular flexibility index (Phi) is 1.86. The molecule has 48 valence electrons. The summed E-state index contributed by atoms with van der Waals surface area (Å²) in [5.41, 5.74) is 1.41. The van der Waals surface area contributed by atoms with E-state index in [4.69, 9.17) is 5.26 Å². The molecule has 1 heteroatoms. The van der Waals surface area contributed by atoms with Crippen LogP contribution in [-0.4, -0.2) is 0 Å². The Morgan fingerprint density at radius 2 is 1.90 bits per heavy atom. The molecule has 1 nitrogen and oxygen atoms in total. The fourth-order valence-corrected chi connectivity index (χ4v) is 0.704. The zero-order chi connectivity index (χ0) is 7.40. The van der Waals surface area contributed by atoms with Crippen LogP contribution in [0.4, 0.5) is 0 Å². The molecule has 0 saturated heterocycles. The highest BCUT2D eigenvalue weighted by atomic mass is 14.2. The molecule has 0 saturated carbocycles. The highest BCUT2D eigenvalue weighted by molar-refractivity contribution is 5.74. The SMILES string of the molecule is C=C(C#N)c1ccccc1. The van der Waals surface area contributed by atoms with Gasteiger partial charge in [0.25, 0.3) is 0 Å². The van der Waals surface area contributed by atoms with Crippen LogP contribution in [0.3, 0.4) is 0 Å². The lowest BCUT2D eigenvalue weighted by Gasteiger charge is -1.92. The fraction of sp³-hybridized carbons (Fsp3) is 0. The van der Waals surface area contributed by atoms with Gasteiger partial charge >= 0.3 is 0 Å². The van der Waals surface area contributed by atoms with Gasteiger partial charge in [-0.25, -0.2) is 0 Å².